The molecule has 0 amide bonds. The maximum atomic E-state index is 5.50. The van der Waals surface area contributed by atoms with Gasteiger partial charge in [-0.05, 0) is 37.6 Å². The van der Waals surface area contributed by atoms with Gasteiger partial charge in [-0.3, -0.25) is 0 Å². The smallest absolute Gasteiger partial charge is 0.115 e. The van der Waals surface area contributed by atoms with Crippen molar-refractivity contribution < 1.29 is 37.4 Å². The summed E-state index contributed by atoms with van der Waals surface area (Å²) in [6.07, 6.45) is 8.99. The second-order valence-electron chi connectivity index (χ2n) is 4.63. The summed E-state index contributed by atoms with van der Waals surface area (Å²) in [5.74, 6) is 0.828. The van der Waals surface area contributed by atoms with E-state index in [2.05, 4.69) is 44.0 Å². The van der Waals surface area contributed by atoms with Crippen LogP contribution in [-0.2, 0) is 37.4 Å². The van der Waals surface area contributed by atoms with Crippen molar-refractivity contribution in [3.8, 4) is 0 Å². The van der Waals surface area contributed by atoms with E-state index in [-0.39, 0.29) is 32.7 Å². The maximum absolute atomic E-state index is 5.50. The largest absolute Gasteiger partial charge is 0.497 e. The van der Waals surface area contributed by atoms with Crippen molar-refractivity contribution in [1.29, 1.82) is 0 Å². The molecule has 1 heterocycles. The first-order valence-corrected chi connectivity index (χ1v) is 6.52. The normalized spacial score (nSPS) is 11.7. The molecule has 105 valence electrons. The molecule has 1 aromatic heterocycles. The average Bonchev–Trinajstić information content (AvgIpc) is 2.39. The molecule has 0 atom stereocenters. The molecule has 0 aliphatic rings. The fraction of sp³-hybridized carbons (Fsp3) is 0.353. The number of ether oxygens (including phenoxy) is 1. The molecule has 0 aliphatic heterocycles. The van der Waals surface area contributed by atoms with E-state index < -0.39 is 0 Å². The molecule has 20 heavy (non-hydrogen) atoms. The SMILES string of the molecule is CC/C=C/C(=C(\C=C(C)C)OC)c1c[c-]c(C)cn1.[Y]. The zero-order valence-corrected chi connectivity index (χ0v) is 15.9. The summed E-state index contributed by atoms with van der Waals surface area (Å²) in [4.78, 5) is 4.46. The van der Waals surface area contributed by atoms with Crippen LogP contribution in [0.5, 0.6) is 0 Å². The number of nitrogens with zero attached hydrogens (tertiary/aromatic N) is 1. The Morgan fingerprint density at radius 1 is 1.40 bits per heavy atom. The van der Waals surface area contributed by atoms with Crippen molar-refractivity contribution in [3.63, 3.8) is 0 Å². The Balaban J connectivity index is 0.00000361. The third-order valence-corrected chi connectivity index (χ3v) is 2.54. The average molecular weight is 345 g/mol. The van der Waals surface area contributed by atoms with Crippen LogP contribution in [0.15, 0.2) is 41.8 Å². The molecule has 3 heteroatoms. The van der Waals surface area contributed by atoms with Gasteiger partial charge in [-0.1, -0.05) is 37.8 Å². The predicted octanol–water partition coefficient (Wildman–Crippen LogP) is 4.48. The van der Waals surface area contributed by atoms with Gasteiger partial charge in [0.2, 0.25) is 0 Å². The van der Waals surface area contributed by atoms with E-state index in [0.717, 1.165) is 29.0 Å². The van der Waals surface area contributed by atoms with Crippen LogP contribution in [0, 0.1) is 13.0 Å². The van der Waals surface area contributed by atoms with Gasteiger partial charge in [-0.15, -0.1) is 5.56 Å². The van der Waals surface area contributed by atoms with E-state index in [1.165, 1.54) is 5.57 Å². The number of aryl methyl sites for hydroxylation is 1. The van der Waals surface area contributed by atoms with Crippen molar-refractivity contribution in [2.75, 3.05) is 7.11 Å². The monoisotopic (exact) mass is 345 g/mol. The summed E-state index contributed by atoms with van der Waals surface area (Å²) in [5, 5.41) is 0. The number of rotatable bonds is 5. The molecule has 0 saturated carbocycles. The first-order valence-electron chi connectivity index (χ1n) is 6.52. The Morgan fingerprint density at radius 2 is 2.10 bits per heavy atom. The zero-order chi connectivity index (χ0) is 14.3. The van der Waals surface area contributed by atoms with Gasteiger partial charge in [0.25, 0.3) is 0 Å². The number of aromatic nitrogens is 1. The standard InChI is InChI=1S/C17H22NO.Y/c1-6-7-8-15(17(19-5)11-13(2)3)16-10-9-14(4)12-18-16;/h7-8,10-12H,6H2,1-5H3;/q-1;/b8-7+,17-15-;. The number of methoxy groups -OCH3 is 1. The molecule has 0 aliphatic carbocycles. The van der Waals surface area contributed by atoms with Gasteiger partial charge in [-0.25, -0.2) is 0 Å². The van der Waals surface area contributed by atoms with Crippen molar-refractivity contribution in [3.05, 3.63) is 59.1 Å². The Morgan fingerprint density at radius 3 is 2.55 bits per heavy atom. The quantitative estimate of drug-likeness (QED) is 0.446. The first kappa shape index (κ1) is 19.3. The van der Waals surface area contributed by atoms with E-state index >= 15 is 0 Å². The molecule has 0 spiro atoms. The topological polar surface area (TPSA) is 22.1 Å². The van der Waals surface area contributed by atoms with Crippen LogP contribution in [-0.4, -0.2) is 12.1 Å². The van der Waals surface area contributed by atoms with E-state index in [1.807, 2.05) is 25.3 Å². The number of hydrogen-bond donors (Lipinski definition) is 0. The summed E-state index contributed by atoms with van der Waals surface area (Å²) in [6.45, 7) is 8.19. The molecule has 1 aromatic rings. The summed E-state index contributed by atoms with van der Waals surface area (Å²) >= 11 is 0. The van der Waals surface area contributed by atoms with Crippen LogP contribution < -0.4 is 0 Å². The Hall–Kier alpha value is -0.726. The minimum atomic E-state index is 0. The van der Waals surface area contributed by atoms with E-state index in [0.29, 0.717) is 0 Å². The zero-order valence-electron chi connectivity index (χ0n) is 13.0. The molecule has 0 saturated heterocycles. The Bertz CT molecular complexity index is 494. The minimum Gasteiger partial charge on any atom is -0.497 e. The second-order valence-corrected chi connectivity index (χ2v) is 4.63. The van der Waals surface area contributed by atoms with Gasteiger partial charge in [0, 0.05) is 32.7 Å². The molecule has 0 unspecified atom stereocenters. The fourth-order valence-corrected chi connectivity index (χ4v) is 1.61. The molecule has 1 radical (unpaired) electrons. The third kappa shape index (κ3) is 6.15. The van der Waals surface area contributed by atoms with Crippen molar-refractivity contribution in [2.24, 2.45) is 0 Å². The summed E-state index contributed by atoms with van der Waals surface area (Å²) in [5.41, 5.74) is 4.09. The van der Waals surface area contributed by atoms with Crippen LogP contribution in [0.3, 0.4) is 0 Å². The van der Waals surface area contributed by atoms with E-state index in [4.69, 9.17) is 4.74 Å². The molecule has 0 fully saturated rings. The third-order valence-electron chi connectivity index (χ3n) is 2.54. The van der Waals surface area contributed by atoms with Crippen molar-refractivity contribution >= 4 is 5.57 Å². The fourth-order valence-electron chi connectivity index (χ4n) is 1.61. The summed E-state index contributed by atoms with van der Waals surface area (Å²) in [7, 11) is 1.69. The Labute approximate surface area is 147 Å². The van der Waals surface area contributed by atoms with Gasteiger partial charge in [0.15, 0.2) is 0 Å². The second kappa shape index (κ2) is 10.1. The van der Waals surface area contributed by atoms with Gasteiger partial charge in [0.05, 0.1) is 7.11 Å². The van der Waals surface area contributed by atoms with Crippen molar-refractivity contribution in [1.82, 2.24) is 4.98 Å². The summed E-state index contributed by atoms with van der Waals surface area (Å²) < 4.78 is 5.50. The molecule has 1 rings (SSSR count). The molecule has 0 bridgehead atoms. The minimum absolute atomic E-state index is 0. The van der Waals surface area contributed by atoms with Gasteiger partial charge in [0.1, 0.15) is 5.76 Å². The number of hydrogen-bond acceptors (Lipinski definition) is 2. The number of pyridine rings is 1. The summed E-state index contributed by atoms with van der Waals surface area (Å²) in [6, 6.07) is 5.09. The van der Waals surface area contributed by atoms with Gasteiger partial charge >= 0.3 is 0 Å². The van der Waals surface area contributed by atoms with E-state index in [9.17, 15) is 0 Å². The molecular weight excluding hydrogens is 323 g/mol. The van der Waals surface area contributed by atoms with Gasteiger partial charge in [-0.2, -0.15) is 12.1 Å². The van der Waals surface area contributed by atoms with Crippen LogP contribution in [0.25, 0.3) is 5.57 Å². The van der Waals surface area contributed by atoms with Gasteiger partial charge < -0.3 is 9.72 Å². The Kier molecular flexibility index (Phi) is 9.70. The van der Waals surface area contributed by atoms with Crippen LogP contribution in [0.2, 0.25) is 0 Å². The molecule has 2 nitrogen and oxygen atoms in total. The molecule has 0 aromatic carbocycles. The van der Waals surface area contributed by atoms with Crippen LogP contribution in [0.1, 0.15) is 38.4 Å². The van der Waals surface area contributed by atoms with Crippen LogP contribution in [0.4, 0.5) is 0 Å². The van der Waals surface area contributed by atoms with Crippen LogP contribution >= 0.6 is 0 Å². The van der Waals surface area contributed by atoms with Crippen molar-refractivity contribution in [2.45, 2.75) is 34.1 Å². The number of allylic oxidation sites excluding steroid dienone is 5. The molecule has 0 N–H and O–H groups in total. The van der Waals surface area contributed by atoms with E-state index in [1.54, 1.807) is 7.11 Å². The maximum Gasteiger partial charge on any atom is 0.115 e. The molecular formula is C17H22NOY-. The first-order chi connectivity index (χ1) is 9.08. The predicted molar refractivity (Wildman–Crippen MR) is 80.6 cm³/mol.